The minimum Gasteiger partial charge on any atom is -1.00 e. The van der Waals surface area contributed by atoms with Gasteiger partial charge in [0.05, 0.1) is 30.7 Å². The highest BCUT2D eigenvalue weighted by Crippen LogP contribution is 2.63. The second-order valence-electron chi connectivity index (χ2n) is 16.8. The maximum Gasteiger partial charge on any atom is 0.247 e. The Balaban J connectivity index is 0.00000673. The first kappa shape index (κ1) is 45.1. The number of guanidine groups is 1. The van der Waals surface area contributed by atoms with Gasteiger partial charge in [0, 0.05) is 25.4 Å². The number of amides is 1. The van der Waals surface area contributed by atoms with Crippen LogP contribution in [0.25, 0.3) is 10.8 Å². The number of unbranched alkanes of at least 4 members (excludes halogenated alkanes) is 6. The molecule has 3 aromatic rings. The molecule has 3 aromatic carbocycles. The van der Waals surface area contributed by atoms with Gasteiger partial charge in [0.15, 0.2) is 5.96 Å². The van der Waals surface area contributed by atoms with Gasteiger partial charge < -0.3 is 28.4 Å². The summed E-state index contributed by atoms with van der Waals surface area (Å²) in [6.07, 6.45) is 30.4. The van der Waals surface area contributed by atoms with E-state index in [4.69, 9.17) is 4.99 Å². The first-order chi connectivity index (χ1) is 26.5. The maximum absolute atomic E-state index is 14.4. The van der Waals surface area contributed by atoms with E-state index >= 15 is 0 Å². The number of carbonyl (C=O) groups is 1. The van der Waals surface area contributed by atoms with Crippen LogP contribution in [0.2, 0.25) is 0 Å². The summed E-state index contributed by atoms with van der Waals surface area (Å²) in [4.78, 5) is 19.7. The number of aliphatic imine (C=N–C) groups is 1. The van der Waals surface area contributed by atoms with Crippen molar-refractivity contribution in [3.8, 4) is 0 Å². The fraction of sp³-hybridized carbons (Fsp3) is 0.625. The second-order valence-corrected chi connectivity index (χ2v) is 21.2. The molecule has 304 valence electrons. The van der Waals surface area contributed by atoms with E-state index in [1.54, 1.807) is 0 Å². The lowest BCUT2D eigenvalue weighted by molar-refractivity contribution is -0.117. The molecule has 1 amide bonds. The maximum atomic E-state index is 14.4. The number of fused-ring (bicyclic) bond motifs is 1. The van der Waals surface area contributed by atoms with Crippen LogP contribution in [-0.4, -0.2) is 48.5 Å². The van der Waals surface area contributed by atoms with Gasteiger partial charge in [-0.1, -0.05) is 152 Å². The van der Waals surface area contributed by atoms with Crippen molar-refractivity contribution in [3.63, 3.8) is 0 Å². The van der Waals surface area contributed by atoms with Gasteiger partial charge in [0.1, 0.15) is 6.04 Å². The molecule has 0 heterocycles. The molecule has 0 radical (unpaired) electrons. The summed E-state index contributed by atoms with van der Waals surface area (Å²) in [5.41, 5.74) is 3.49. The Bertz CT molecular complexity index is 1520. The molecule has 5 nitrogen and oxygen atoms in total. The van der Waals surface area contributed by atoms with E-state index < -0.39 is 13.3 Å². The van der Waals surface area contributed by atoms with Crippen molar-refractivity contribution in [2.24, 2.45) is 4.99 Å². The van der Waals surface area contributed by atoms with Crippen LogP contribution < -0.4 is 28.4 Å². The third-order valence-corrected chi connectivity index (χ3v) is 17.0. The zero-order valence-electron chi connectivity index (χ0n) is 34.7. The number of nitrogens with one attached hydrogen (secondary N) is 3. The van der Waals surface area contributed by atoms with Gasteiger partial charge in [-0.15, -0.1) is 0 Å². The Labute approximate surface area is 342 Å². The lowest BCUT2D eigenvalue weighted by atomic mass is 9.95. The molecule has 0 bridgehead atoms. The third kappa shape index (κ3) is 15.3. The number of carbonyl (C=O) groups excluding carboxylic acids is 1. The van der Waals surface area contributed by atoms with Gasteiger partial charge in [-0.3, -0.25) is 4.79 Å². The minimum absolute atomic E-state index is 0. The van der Waals surface area contributed by atoms with Gasteiger partial charge in [0.2, 0.25) is 5.91 Å². The normalized spacial score (nSPS) is 16.4. The van der Waals surface area contributed by atoms with E-state index in [1.807, 2.05) is 0 Å². The number of benzene rings is 3. The standard InChI is InChI=1S/C48H73N4OP.ClH/c1-4-7-18-33-54(34-19-8-5-2,35-20-9-6-3)38-39-28-31-45(32-29-39)49-47(53)46(37-40-27-30-41-21-16-17-22-42(41)36-40)52-48(50-43-23-12-10-13-24-43)51-44-25-14-11-15-26-44;/h16-17,21-22,27-32,36,43-44,46H,4-15,18-20,23-26,33-35,37-38H2,1-3H3,(H2-,49,50,51,52,53);1H/t46-;/m0./s1. The molecule has 5 rings (SSSR count). The number of rotatable bonds is 21. The summed E-state index contributed by atoms with van der Waals surface area (Å²) in [5.74, 6) is 0.817. The smallest absolute Gasteiger partial charge is 0.247 e. The molecule has 55 heavy (non-hydrogen) atoms. The van der Waals surface area contributed by atoms with Crippen molar-refractivity contribution < 1.29 is 17.2 Å². The molecule has 0 aliphatic heterocycles. The largest absolute Gasteiger partial charge is 1.00 e. The highest BCUT2D eigenvalue weighted by atomic mass is 35.5. The first-order valence-electron chi connectivity index (χ1n) is 22.3. The van der Waals surface area contributed by atoms with E-state index in [9.17, 15) is 4.79 Å². The van der Waals surface area contributed by atoms with Crippen molar-refractivity contribution in [2.75, 3.05) is 23.8 Å². The van der Waals surface area contributed by atoms with Crippen LogP contribution in [0, 0.1) is 0 Å². The summed E-state index contributed by atoms with van der Waals surface area (Å²) in [5, 5.41) is 13.3. The zero-order chi connectivity index (χ0) is 37.9. The van der Waals surface area contributed by atoms with Gasteiger partial charge in [-0.25, -0.2) is 4.99 Å². The zero-order valence-corrected chi connectivity index (χ0v) is 36.4. The Morgan fingerprint density at radius 1 is 0.691 bits per heavy atom. The van der Waals surface area contributed by atoms with E-state index in [-0.39, 0.29) is 18.3 Å². The fourth-order valence-corrected chi connectivity index (χ4v) is 13.7. The Morgan fingerprint density at radius 2 is 1.25 bits per heavy atom. The lowest BCUT2D eigenvalue weighted by Crippen LogP contribution is -3.00. The number of hydrogen-bond donors (Lipinski definition) is 3. The number of nitrogens with zero attached hydrogens (tertiary/aromatic N) is 1. The molecule has 0 spiro atoms. The first-order valence-corrected chi connectivity index (χ1v) is 24.9. The van der Waals surface area contributed by atoms with Crippen LogP contribution in [0.5, 0.6) is 0 Å². The monoisotopic (exact) mass is 789 g/mol. The number of anilines is 1. The fourth-order valence-electron chi connectivity index (χ4n) is 8.90. The summed E-state index contributed by atoms with van der Waals surface area (Å²) in [6, 6.07) is 24.3. The summed E-state index contributed by atoms with van der Waals surface area (Å²) in [7, 11) is -1.09. The molecule has 1 atom stereocenters. The minimum atomic E-state index is -1.09. The molecule has 2 aliphatic carbocycles. The molecule has 0 saturated heterocycles. The van der Waals surface area contributed by atoms with Gasteiger partial charge >= 0.3 is 0 Å². The van der Waals surface area contributed by atoms with E-state index in [0.717, 1.165) is 30.1 Å². The number of halogens is 1. The third-order valence-electron chi connectivity index (χ3n) is 12.2. The van der Waals surface area contributed by atoms with E-state index in [0.29, 0.717) is 18.5 Å². The predicted octanol–water partition coefficient (Wildman–Crippen LogP) is 9.68. The molecule has 2 saturated carbocycles. The summed E-state index contributed by atoms with van der Waals surface area (Å²) >= 11 is 0. The van der Waals surface area contributed by atoms with Crippen molar-refractivity contribution in [1.82, 2.24) is 10.6 Å². The van der Waals surface area contributed by atoms with Crippen molar-refractivity contribution in [2.45, 2.75) is 173 Å². The Morgan fingerprint density at radius 3 is 1.85 bits per heavy atom. The van der Waals surface area contributed by atoms with Crippen LogP contribution >= 0.6 is 7.26 Å². The van der Waals surface area contributed by atoms with Crippen LogP contribution in [0.1, 0.15) is 154 Å². The average Bonchev–Trinajstić information content (AvgIpc) is 3.19. The van der Waals surface area contributed by atoms with Crippen LogP contribution in [0.15, 0.2) is 71.7 Å². The van der Waals surface area contributed by atoms with Crippen molar-refractivity contribution >= 4 is 35.6 Å². The van der Waals surface area contributed by atoms with Gasteiger partial charge in [0.25, 0.3) is 0 Å². The number of hydrogen-bond acceptors (Lipinski definition) is 2. The summed E-state index contributed by atoms with van der Waals surface area (Å²) in [6.45, 7) is 7.00. The molecule has 7 heteroatoms. The van der Waals surface area contributed by atoms with Crippen molar-refractivity contribution in [1.29, 1.82) is 0 Å². The average molecular weight is 790 g/mol. The lowest BCUT2D eigenvalue weighted by Gasteiger charge is -2.29. The molecule has 0 aromatic heterocycles. The van der Waals surface area contributed by atoms with Crippen LogP contribution in [-0.2, 0) is 17.4 Å². The van der Waals surface area contributed by atoms with Gasteiger partial charge in [-0.2, -0.15) is 0 Å². The quantitative estimate of drug-likeness (QED) is 0.0436. The predicted molar refractivity (Wildman–Crippen MR) is 238 cm³/mol. The van der Waals surface area contributed by atoms with E-state index in [2.05, 4.69) is 103 Å². The molecule has 0 unspecified atom stereocenters. The molecule has 3 N–H and O–H groups in total. The highest BCUT2D eigenvalue weighted by molar-refractivity contribution is 7.75. The summed E-state index contributed by atoms with van der Waals surface area (Å²) < 4.78 is 0. The van der Waals surface area contributed by atoms with Crippen LogP contribution in [0.4, 0.5) is 5.69 Å². The topological polar surface area (TPSA) is 65.5 Å². The molecule has 2 fully saturated rings. The van der Waals surface area contributed by atoms with Gasteiger partial charge in [-0.05, 0) is 79.0 Å². The Hall–Kier alpha value is -2.62. The molecular formula is C48H74ClN4OP. The molecular weight excluding hydrogens is 715 g/mol. The SMILES string of the molecule is CCCCC[P+](CCCCC)(CCCCC)Cc1ccc(NC(=O)[C@H](Cc2ccc3ccccc3c2)NC(=NC2CCCCC2)NC2CCCCC2)cc1.[Cl-]. The molecule has 2 aliphatic rings. The van der Waals surface area contributed by atoms with Crippen LogP contribution in [0.3, 0.4) is 0 Å². The Kier molecular flexibility index (Phi) is 20.4. The highest BCUT2D eigenvalue weighted by Gasteiger charge is 2.36. The second kappa shape index (κ2) is 24.9. The van der Waals surface area contributed by atoms with E-state index in [1.165, 1.54) is 150 Å². The van der Waals surface area contributed by atoms with Crippen molar-refractivity contribution in [3.05, 3.63) is 77.9 Å².